The van der Waals surface area contributed by atoms with Gasteiger partial charge in [0.25, 0.3) is 5.56 Å². The minimum Gasteiger partial charge on any atom is -0.486 e. The zero-order chi connectivity index (χ0) is 26.2. The molecule has 2 unspecified atom stereocenters. The Balaban J connectivity index is 1.39. The van der Waals surface area contributed by atoms with Crippen molar-refractivity contribution >= 4 is 16.8 Å². The molecule has 0 aliphatic carbocycles. The van der Waals surface area contributed by atoms with E-state index in [1.54, 1.807) is 13.1 Å². The van der Waals surface area contributed by atoms with Crippen LogP contribution in [0.5, 0.6) is 5.75 Å². The van der Waals surface area contributed by atoms with Gasteiger partial charge in [-0.15, -0.1) is 0 Å². The van der Waals surface area contributed by atoms with Crippen molar-refractivity contribution in [3.8, 4) is 5.75 Å². The van der Waals surface area contributed by atoms with Gasteiger partial charge in [0.2, 0.25) is 5.91 Å². The van der Waals surface area contributed by atoms with Gasteiger partial charge < -0.3 is 19.9 Å². The van der Waals surface area contributed by atoms with Crippen molar-refractivity contribution in [1.82, 2.24) is 14.9 Å². The van der Waals surface area contributed by atoms with Gasteiger partial charge in [-0.2, -0.15) is 0 Å². The molecule has 1 aromatic heterocycles. The molecule has 0 saturated carbocycles. The summed E-state index contributed by atoms with van der Waals surface area (Å²) in [5, 5.41) is 13.2. The van der Waals surface area contributed by atoms with Crippen molar-refractivity contribution in [3.05, 3.63) is 106 Å². The maximum atomic E-state index is 13.0. The predicted molar refractivity (Wildman–Crippen MR) is 141 cm³/mol. The third-order valence-corrected chi connectivity index (χ3v) is 6.15. The van der Waals surface area contributed by atoms with E-state index in [1.165, 1.54) is 4.57 Å². The fraction of sp³-hybridized carbons (Fsp3) is 0.276. The molecule has 1 heterocycles. The van der Waals surface area contributed by atoms with Crippen LogP contribution in [0.15, 0.2) is 83.7 Å². The van der Waals surface area contributed by atoms with Gasteiger partial charge in [0.05, 0.1) is 23.6 Å². The first-order valence-corrected chi connectivity index (χ1v) is 12.2. The lowest BCUT2D eigenvalue weighted by atomic mass is 10.0. The summed E-state index contributed by atoms with van der Waals surface area (Å²) in [4.78, 5) is 30.1. The molecule has 3 aromatic carbocycles. The van der Waals surface area contributed by atoms with Crippen LogP contribution in [-0.4, -0.2) is 39.9 Å². The Kier molecular flexibility index (Phi) is 8.66. The smallest absolute Gasteiger partial charge is 0.261 e. The number of fused-ring (bicyclic) bond motifs is 1. The third kappa shape index (κ3) is 6.41. The summed E-state index contributed by atoms with van der Waals surface area (Å²) in [5.41, 5.74) is 2.25. The van der Waals surface area contributed by atoms with Crippen molar-refractivity contribution in [2.75, 3.05) is 13.2 Å². The maximum Gasteiger partial charge on any atom is 0.261 e. The summed E-state index contributed by atoms with van der Waals surface area (Å²) in [6, 6.07) is 23.4. The number of carbonyl (C=O) groups is 1. The van der Waals surface area contributed by atoms with E-state index < -0.39 is 12.1 Å². The highest BCUT2D eigenvalue weighted by Crippen LogP contribution is 2.18. The molecule has 37 heavy (non-hydrogen) atoms. The van der Waals surface area contributed by atoms with Crippen LogP contribution in [0.1, 0.15) is 29.9 Å². The molecule has 0 aliphatic heterocycles. The first-order valence-electron chi connectivity index (χ1n) is 12.2. The number of ether oxygens (including phenoxy) is 2. The molecule has 0 saturated heterocycles. The van der Waals surface area contributed by atoms with Gasteiger partial charge in [0.15, 0.2) is 0 Å². The Morgan fingerprint density at radius 1 is 1.03 bits per heavy atom. The van der Waals surface area contributed by atoms with Gasteiger partial charge in [-0.25, -0.2) is 4.98 Å². The van der Waals surface area contributed by atoms with Crippen LogP contribution in [0.3, 0.4) is 0 Å². The van der Waals surface area contributed by atoms with E-state index in [9.17, 15) is 14.7 Å². The normalized spacial score (nSPS) is 12.7. The zero-order valence-corrected chi connectivity index (χ0v) is 21.0. The average Bonchev–Trinajstić information content (AvgIpc) is 2.93. The molecule has 0 radical (unpaired) electrons. The molecular formula is C29H31N3O5. The van der Waals surface area contributed by atoms with Crippen molar-refractivity contribution in [1.29, 1.82) is 0 Å². The Labute approximate surface area is 215 Å². The summed E-state index contributed by atoms with van der Waals surface area (Å²) in [6.07, 6.45) is -0.334. The fourth-order valence-corrected chi connectivity index (χ4v) is 4.09. The number of carbonyl (C=O) groups excluding carboxylic acids is 1. The molecule has 2 N–H and O–H groups in total. The Morgan fingerprint density at radius 3 is 2.43 bits per heavy atom. The molecule has 0 aliphatic rings. The highest BCUT2D eigenvalue weighted by molar-refractivity contribution is 5.81. The Hall–Kier alpha value is -4.01. The number of aliphatic hydroxyl groups excluding tert-OH is 1. The third-order valence-electron chi connectivity index (χ3n) is 6.15. The molecule has 0 spiro atoms. The molecule has 192 valence electrons. The first kappa shape index (κ1) is 26.1. The number of nitrogens with zero attached hydrogens (tertiary/aromatic N) is 2. The zero-order valence-electron chi connectivity index (χ0n) is 21.0. The lowest BCUT2D eigenvalue weighted by Crippen LogP contribution is -2.41. The van der Waals surface area contributed by atoms with E-state index in [1.807, 2.05) is 79.7 Å². The summed E-state index contributed by atoms with van der Waals surface area (Å²) in [6.45, 7) is 2.15. The number of para-hydroxylation sites is 1. The van der Waals surface area contributed by atoms with Crippen LogP contribution in [-0.2, 0) is 29.6 Å². The number of amides is 1. The quantitative estimate of drug-likeness (QED) is 0.327. The maximum absolute atomic E-state index is 13.0. The SMILES string of the molecule is CCOC(Cc1ccc(OCc2nc3ccccc3c(=O)n2C)cc1)C(=O)NC(CO)c1ccccc1. The van der Waals surface area contributed by atoms with E-state index in [0.717, 1.165) is 11.1 Å². The van der Waals surface area contributed by atoms with Gasteiger partial charge in [0, 0.05) is 20.1 Å². The standard InChI is InChI=1S/C29H31N3O5/c1-3-36-26(28(34)31-25(18-33)21-9-5-4-6-10-21)17-20-13-15-22(16-14-20)37-19-27-30-24-12-8-7-11-23(24)29(35)32(27)2/h4-16,25-26,33H,3,17-19H2,1-2H3,(H,31,34). The summed E-state index contributed by atoms with van der Waals surface area (Å²) < 4.78 is 13.1. The van der Waals surface area contributed by atoms with Crippen LogP contribution in [0.2, 0.25) is 0 Å². The minimum absolute atomic E-state index is 0.115. The molecule has 2 atom stereocenters. The van der Waals surface area contributed by atoms with Crippen molar-refractivity contribution in [3.63, 3.8) is 0 Å². The molecule has 8 heteroatoms. The lowest BCUT2D eigenvalue weighted by Gasteiger charge is -2.22. The number of nitrogens with one attached hydrogen (secondary N) is 1. The van der Waals surface area contributed by atoms with Crippen molar-refractivity contribution in [2.24, 2.45) is 7.05 Å². The monoisotopic (exact) mass is 501 g/mol. The predicted octanol–water partition coefficient (Wildman–Crippen LogP) is 3.31. The van der Waals surface area contributed by atoms with Crippen LogP contribution in [0, 0.1) is 0 Å². The van der Waals surface area contributed by atoms with Gasteiger partial charge in [0.1, 0.15) is 24.3 Å². The van der Waals surface area contributed by atoms with E-state index >= 15 is 0 Å². The van der Waals surface area contributed by atoms with Crippen LogP contribution < -0.4 is 15.6 Å². The first-order chi connectivity index (χ1) is 18.0. The van der Waals surface area contributed by atoms with Crippen LogP contribution in [0.25, 0.3) is 10.9 Å². The molecular weight excluding hydrogens is 470 g/mol. The second kappa shape index (κ2) is 12.3. The number of rotatable bonds is 11. The largest absolute Gasteiger partial charge is 0.486 e. The van der Waals surface area contributed by atoms with Gasteiger partial charge >= 0.3 is 0 Å². The van der Waals surface area contributed by atoms with Crippen LogP contribution in [0.4, 0.5) is 0 Å². The van der Waals surface area contributed by atoms with E-state index in [2.05, 4.69) is 10.3 Å². The van der Waals surface area contributed by atoms with E-state index in [0.29, 0.717) is 35.5 Å². The number of benzene rings is 3. The van der Waals surface area contributed by atoms with Gasteiger partial charge in [-0.3, -0.25) is 14.2 Å². The summed E-state index contributed by atoms with van der Waals surface area (Å²) in [5.74, 6) is 0.860. The lowest BCUT2D eigenvalue weighted by molar-refractivity contribution is -0.133. The molecule has 4 aromatic rings. The Bertz CT molecular complexity index is 1390. The van der Waals surface area contributed by atoms with Gasteiger partial charge in [-0.05, 0) is 42.3 Å². The van der Waals surface area contributed by atoms with E-state index in [4.69, 9.17) is 9.47 Å². The average molecular weight is 502 g/mol. The number of aromatic nitrogens is 2. The minimum atomic E-state index is -0.703. The number of hydrogen-bond acceptors (Lipinski definition) is 6. The number of hydrogen-bond donors (Lipinski definition) is 2. The Morgan fingerprint density at radius 2 is 1.73 bits per heavy atom. The van der Waals surface area contributed by atoms with Crippen LogP contribution >= 0.6 is 0 Å². The summed E-state index contributed by atoms with van der Waals surface area (Å²) in [7, 11) is 1.68. The topological polar surface area (TPSA) is 103 Å². The molecule has 8 nitrogen and oxygen atoms in total. The molecule has 4 rings (SSSR count). The summed E-state index contributed by atoms with van der Waals surface area (Å²) >= 11 is 0. The molecule has 1 amide bonds. The highest BCUT2D eigenvalue weighted by Gasteiger charge is 2.23. The molecule has 0 bridgehead atoms. The van der Waals surface area contributed by atoms with Crippen molar-refractivity contribution in [2.45, 2.75) is 32.1 Å². The fourth-order valence-electron chi connectivity index (χ4n) is 4.09. The second-order valence-electron chi connectivity index (χ2n) is 8.64. The highest BCUT2D eigenvalue weighted by atomic mass is 16.5. The molecule has 0 fully saturated rings. The van der Waals surface area contributed by atoms with E-state index in [-0.39, 0.29) is 24.7 Å². The van der Waals surface area contributed by atoms with Gasteiger partial charge in [-0.1, -0.05) is 54.6 Å². The second-order valence-corrected chi connectivity index (χ2v) is 8.64. The van der Waals surface area contributed by atoms with Crippen molar-refractivity contribution < 1.29 is 19.4 Å². The number of aliphatic hydroxyl groups is 1.